The predicted molar refractivity (Wildman–Crippen MR) is 77.3 cm³/mol. The highest BCUT2D eigenvalue weighted by atomic mass is 79.9. The molecule has 82 valence electrons. The first-order valence-electron chi connectivity index (χ1n) is 4.48. The van der Waals surface area contributed by atoms with E-state index in [0.29, 0.717) is 10.0 Å². The maximum atomic E-state index is 5.98. The second-order valence-electron chi connectivity index (χ2n) is 3.26. The van der Waals surface area contributed by atoms with Crippen LogP contribution in [0.5, 0.6) is 0 Å². The normalized spacial score (nSPS) is 10.5. The lowest BCUT2D eigenvalue weighted by atomic mass is 10.1. The summed E-state index contributed by atoms with van der Waals surface area (Å²) < 4.78 is 2.03. The molecule has 16 heavy (non-hydrogen) atoms. The van der Waals surface area contributed by atoms with Gasteiger partial charge in [0.1, 0.15) is 0 Å². The van der Waals surface area contributed by atoms with Gasteiger partial charge in [-0.2, -0.15) is 0 Å². The molecular formula is C12H6Br2Cl2. The molecule has 0 amide bonds. The van der Waals surface area contributed by atoms with E-state index in [1.807, 2.05) is 30.3 Å². The average Bonchev–Trinajstić information content (AvgIpc) is 2.26. The first-order valence-corrected chi connectivity index (χ1v) is 6.82. The lowest BCUT2D eigenvalue weighted by molar-refractivity contribution is 1.56. The summed E-state index contributed by atoms with van der Waals surface area (Å²) in [5.41, 5.74) is 2.14. The van der Waals surface area contributed by atoms with Gasteiger partial charge in [0.2, 0.25) is 0 Å². The zero-order chi connectivity index (χ0) is 11.7. The zero-order valence-corrected chi connectivity index (χ0v) is 12.7. The van der Waals surface area contributed by atoms with Gasteiger partial charge in [-0.3, -0.25) is 0 Å². The number of hydrogen-bond acceptors (Lipinski definition) is 0. The molecule has 0 bridgehead atoms. The van der Waals surface area contributed by atoms with Crippen LogP contribution in [0.1, 0.15) is 0 Å². The van der Waals surface area contributed by atoms with Gasteiger partial charge in [0.25, 0.3) is 0 Å². The van der Waals surface area contributed by atoms with Crippen molar-refractivity contribution in [3.63, 3.8) is 0 Å². The van der Waals surface area contributed by atoms with Gasteiger partial charge in [0.15, 0.2) is 0 Å². The molecule has 0 fully saturated rings. The standard InChI is InChI=1S/C12H6Br2Cl2/c13-9-3-1-7(5-10(9)14)8-2-4-11(15)12(16)6-8/h1-6H. The fraction of sp³-hybridized carbons (Fsp3) is 0. The van der Waals surface area contributed by atoms with Crippen molar-refractivity contribution in [2.24, 2.45) is 0 Å². The van der Waals surface area contributed by atoms with E-state index >= 15 is 0 Å². The Hall–Kier alpha value is -0.0200. The van der Waals surface area contributed by atoms with Crippen molar-refractivity contribution in [1.82, 2.24) is 0 Å². The summed E-state index contributed by atoms with van der Waals surface area (Å²) in [7, 11) is 0. The predicted octanol–water partition coefficient (Wildman–Crippen LogP) is 6.19. The molecule has 0 radical (unpaired) electrons. The van der Waals surface area contributed by atoms with Crippen molar-refractivity contribution >= 4 is 55.1 Å². The molecule has 0 saturated carbocycles. The summed E-state index contributed by atoms with van der Waals surface area (Å²) in [5, 5.41) is 1.14. The summed E-state index contributed by atoms with van der Waals surface area (Å²) >= 11 is 18.8. The first kappa shape index (κ1) is 12.4. The van der Waals surface area contributed by atoms with E-state index < -0.39 is 0 Å². The molecule has 0 aliphatic carbocycles. The quantitative estimate of drug-likeness (QED) is 0.553. The third-order valence-electron chi connectivity index (χ3n) is 2.17. The van der Waals surface area contributed by atoms with Crippen LogP contribution >= 0.6 is 55.1 Å². The Labute approximate surface area is 121 Å². The summed E-state index contributed by atoms with van der Waals surface area (Å²) in [4.78, 5) is 0. The van der Waals surface area contributed by atoms with Crippen LogP contribution in [0.2, 0.25) is 10.0 Å². The minimum atomic E-state index is 0.568. The van der Waals surface area contributed by atoms with Crippen LogP contribution in [0.3, 0.4) is 0 Å². The van der Waals surface area contributed by atoms with Crippen molar-refractivity contribution in [2.45, 2.75) is 0 Å². The molecule has 2 rings (SSSR count). The van der Waals surface area contributed by atoms with Gasteiger partial charge in [0.05, 0.1) is 10.0 Å². The van der Waals surface area contributed by atoms with Crippen molar-refractivity contribution in [2.75, 3.05) is 0 Å². The summed E-state index contributed by atoms with van der Waals surface area (Å²) in [6.07, 6.45) is 0. The molecule has 0 nitrogen and oxygen atoms in total. The van der Waals surface area contributed by atoms with Crippen LogP contribution in [0.25, 0.3) is 11.1 Å². The van der Waals surface area contributed by atoms with Crippen LogP contribution in [-0.4, -0.2) is 0 Å². The number of halogens is 4. The summed E-state index contributed by atoms with van der Waals surface area (Å²) in [6, 6.07) is 11.7. The van der Waals surface area contributed by atoms with E-state index in [0.717, 1.165) is 20.1 Å². The van der Waals surface area contributed by atoms with Gasteiger partial charge in [-0.15, -0.1) is 0 Å². The van der Waals surface area contributed by atoms with Gasteiger partial charge < -0.3 is 0 Å². The molecular weight excluding hydrogens is 375 g/mol. The molecule has 2 aromatic rings. The highest BCUT2D eigenvalue weighted by Crippen LogP contribution is 2.32. The number of rotatable bonds is 1. The Kier molecular flexibility index (Phi) is 3.96. The average molecular weight is 381 g/mol. The molecule has 4 heteroatoms. The minimum absolute atomic E-state index is 0.568. The van der Waals surface area contributed by atoms with Gasteiger partial charge in [-0.05, 0) is 67.3 Å². The van der Waals surface area contributed by atoms with E-state index in [1.165, 1.54) is 0 Å². The van der Waals surface area contributed by atoms with Crippen LogP contribution in [0, 0.1) is 0 Å². The zero-order valence-electron chi connectivity index (χ0n) is 7.98. The van der Waals surface area contributed by atoms with E-state index in [4.69, 9.17) is 23.2 Å². The number of benzene rings is 2. The van der Waals surface area contributed by atoms with Crippen LogP contribution in [-0.2, 0) is 0 Å². The fourth-order valence-corrected chi connectivity index (χ4v) is 2.27. The van der Waals surface area contributed by atoms with Crippen LogP contribution in [0.15, 0.2) is 45.3 Å². The maximum absolute atomic E-state index is 5.98. The summed E-state index contributed by atoms with van der Waals surface area (Å²) in [5.74, 6) is 0. The Morgan fingerprint density at radius 3 is 1.94 bits per heavy atom. The summed E-state index contributed by atoms with van der Waals surface area (Å²) in [6.45, 7) is 0. The molecule has 0 aliphatic rings. The second kappa shape index (κ2) is 5.09. The van der Waals surface area contributed by atoms with E-state index in [2.05, 4.69) is 31.9 Å². The maximum Gasteiger partial charge on any atom is 0.0598 e. The van der Waals surface area contributed by atoms with Gasteiger partial charge in [-0.1, -0.05) is 35.3 Å². The van der Waals surface area contributed by atoms with Gasteiger partial charge in [0, 0.05) is 8.95 Å². The molecule has 0 aromatic heterocycles. The molecule has 0 saturated heterocycles. The van der Waals surface area contributed by atoms with Crippen molar-refractivity contribution < 1.29 is 0 Å². The third-order valence-corrected chi connectivity index (χ3v) is 4.79. The molecule has 0 spiro atoms. The topological polar surface area (TPSA) is 0 Å². The third kappa shape index (κ3) is 2.62. The van der Waals surface area contributed by atoms with Crippen molar-refractivity contribution in [3.8, 4) is 11.1 Å². The SMILES string of the molecule is Clc1ccc(-c2ccc(Br)c(Br)c2)cc1Cl. The van der Waals surface area contributed by atoms with Crippen molar-refractivity contribution in [3.05, 3.63) is 55.4 Å². The van der Waals surface area contributed by atoms with Crippen LogP contribution in [0.4, 0.5) is 0 Å². The smallest absolute Gasteiger partial charge is 0.0598 e. The fourth-order valence-electron chi connectivity index (χ4n) is 1.35. The molecule has 2 aromatic carbocycles. The lowest BCUT2D eigenvalue weighted by Crippen LogP contribution is -1.79. The van der Waals surface area contributed by atoms with Gasteiger partial charge in [-0.25, -0.2) is 0 Å². The highest BCUT2D eigenvalue weighted by molar-refractivity contribution is 9.13. The molecule has 0 unspecified atom stereocenters. The Morgan fingerprint density at radius 1 is 0.688 bits per heavy atom. The van der Waals surface area contributed by atoms with Crippen molar-refractivity contribution in [1.29, 1.82) is 0 Å². The minimum Gasteiger partial charge on any atom is -0.0827 e. The van der Waals surface area contributed by atoms with E-state index in [1.54, 1.807) is 6.07 Å². The molecule has 0 atom stereocenters. The molecule has 0 aliphatic heterocycles. The Balaban J connectivity index is 2.50. The van der Waals surface area contributed by atoms with Gasteiger partial charge >= 0.3 is 0 Å². The van der Waals surface area contributed by atoms with E-state index in [-0.39, 0.29) is 0 Å². The largest absolute Gasteiger partial charge is 0.0827 e. The molecule has 0 N–H and O–H groups in total. The van der Waals surface area contributed by atoms with E-state index in [9.17, 15) is 0 Å². The van der Waals surface area contributed by atoms with Crippen LogP contribution < -0.4 is 0 Å². The Morgan fingerprint density at radius 2 is 1.31 bits per heavy atom. The first-order chi connectivity index (χ1) is 7.58. The lowest BCUT2D eigenvalue weighted by Gasteiger charge is -2.05. The second-order valence-corrected chi connectivity index (χ2v) is 5.78. The molecule has 0 heterocycles. The highest BCUT2D eigenvalue weighted by Gasteiger charge is 2.04. The Bertz CT molecular complexity index is 489. The number of hydrogen-bond donors (Lipinski definition) is 0. The monoisotopic (exact) mass is 378 g/mol.